The smallest absolute Gasteiger partial charge is 0.187 e. The van der Waals surface area contributed by atoms with E-state index in [-0.39, 0.29) is 6.10 Å². The first-order valence-electron chi connectivity index (χ1n) is 4.41. The molecule has 0 aromatic rings. The van der Waals surface area contributed by atoms with Crippen molar-refractivity contribution in [3.63, 3.8) is 0 Å². The molecule has 0 aromatic carbocycles. The van der Waals surface area contributed by atoms with Crippen LogP contribution in [0.3, 0.4) is 0 Å². The second-order valence-electron chi connectivity index (χ2n) is 3.35. The van der Waals surface area contributed by atoms with E-state index in [0.717, 1.165) is 0 Å². The fourth-order valence-electron chi connectivity index (χ4n) is 1.88. The Labute approximate surface area is 77.1 Å². The second kappa shape index (κ2) is 3.38. The average Bonchev–Trinajstić information content (AvgIpc) is 2.46. The molecule has 13 heavy (non-hydrogen) atoms. The van der Waals surface area contributed by atoms with Gasteiger partial charge in [-0.1, -0.05) is 12.2 Å². The Hall–Kier alpha value is -0.420. The average molecular weight is 186 g/mol. The van der Waals surface area contributed by atoms with E-state index in [9.17, 15) is 5.11 Å². The zero-order valence-electron chi connectivity index (χ0n) is 7.60. The van der Waals surface area contributed by atoms with Gasteiger partial charge in [0.2, 0.25) is 0 Å². The Kier molecular flexibility index (Phi) is 2.38. The molecule has 0 aromatic heterocycles. The molecule has 0 saturated carbocycles. The van der Waals surface area contributed by atoms with Crippen molar-refractivity contribution in [2.45, 2.75) is 24.4 Å². The third kappa shape index (κ3) is 1.30. The molecule has 3 unspecified atom stereocenters. The highest BCUT2D eigenvalue weighted by molar-refractivity contribution is 5.06. The van der Waals surface area contributed by atoms with Crippen molar-refractivity contribution in [2.75, 3.05) is 20.3 Å². The molecule has 0 amide bonds. The fourth-order valence-corrected chi connectivity index (χ4v) is 1.88. The minimum atomic E-state index is -0.873. The van der Waals surface area contributed by atoms with Crippen LogP contribution in [0.5, 0.6) is 0 Å². The van der Waals surface area contributed by atoms with Gasteiger partial charge < -0.3 is 19.3 Å². The van der Waals surface area contributed by atoms with E-state index >= 15 is 0 Å². The van der Waals surface area contributed by atoms with E-state index in [2.05, 4.69) is 0 Å². The zero-order chi connectivity index (χ0) is 9.31. The maximum absolute atomic E-state index is 9.64. The van der Waals surface area contributed by atoms with Crippen LogP contribution < -0.4 is 0 Å². The molecular weight excluding hydrogens is 172 g/mol. The predicted molar refractivity (Wildman–Crippen MR) is 45.2 cm³/mol. The third-order valence-electron chi connectivity index (χ3n) is 2.70. The van der Waals surface area contributed by atoms with Crippen molar-refractivity contribution in [3.05, 3.63) is 12.2 Å². The first-order chi connectivity index (χ1) is 6.29. The summed E-state index contributed by atoms with van der Waals surface area (Å²) in [6, 6.07) is 0. The largest absolute Gasteiger partial charge is 0.376 e. The molecule has 4 nitrogen and oxygen atoms in total. The lowest BCUT2D eigenvalue weighted by atomic mass is 9.92. The molecule has 2 heterocycles. The van der Waals surface area contributed by atoms with Crippen LogP contribution in [-0.2, 0) is 14.2 Å². The van der Waals surface area contributed by atoms with Gasteiger partial charge in [0.25, 0.3) is 0 Å². The molecule has 2 rings (SSSR count). The number of aliphatic hydroxyl groups is 1. The Morgan fingerprint density at radius 3 is 3.00 bits per heavy atom. The van der Waals surface area contributed by atoms with Crippen molar-refractivity contribution in [2.24, 2.45) is 0 Å². The van der Waals surface area contributed by atoms with Gasteiger partial charge in [0.15, 0.2) is 11.9 Å². The Morgan fingerprint density at radius 1 is 1.54 bits per heavy atom. The maximum Gasteiger partial charge on any atom is 0.187 e. The van der Waals surface area contributed by atoms with E-state index in [1.54, 1.807) is 7.11 Å². The summed E-state index contributed by atoms with van der Waals surface area (Å²) < 4.78 is 15.9. The Bertz CT molecular complexity index is 216. The van der Waals surface area contributed by atoms with Gasteiger partial charge in [0, 0.05) is 13.5 Å². The number of ether oxygens (including phenoxy) is 3. The van der Waals surface area contributed by atoms with E-state index in [1.807, 2.05) is 12.2 Å². The van der Waals surface area contributed by atoms with Crippen molar-refractivity contribution < 1.29 is 19.3 Å². The number of aliphatic hydroxyl groups excluding tert-OH is 1. The van der Waals surface area contributed by atoms with Crippen LogP contribution in [-0.4, -0.2) is 43.4 Å². The maximum atomic E-state index is 9.64. The molecule has 0 bridgehead atoms. The number of rotatable bonds is 1. The Balaban J connectivity index is 2.20. The molecule has 3 atom stereocenters. The van der Waals surface area contributed by atoms with Gasteiger partial charge in [-0.05, 0) is 0 Å². The molecule has 4 heteroatoms. The van der Waals surface area contributed by atoms with Gasteiger partial charge in [0.05, 0.1) is 13.2 Å². The molecule has 2 aliphatic rings. The van der Waals surface area contributed by atoms with Crippen LogP contribution in [0.2, 0.25) is 0 Å². The van der Waals surface area contributed by atoms with Crippen LogP contribution in [0.4, 0.5) is 0 Å². The summed E-state index contributed by atoms with van der Waals surface area (Å²) >= 11 is 0. The van der Waals surface area contributed by atoms with E-state index < -0.39 is 11.9 Å². The molecule has 2 aliphatic heterocycles. The SMILES string of the molecule is COC1COC(O)C12CC=CCO2. The van der Waals surface area contributed by atoms with E-state index in [1.165, 1.54) is 0 Å². The summed E-state index contributed by atoms with van der Waals surface area (Å²) in [5, 5.41) is 9.64. The molecule has 0 radical (unpaired) electrons. The molecule has 0 aliphatic carbocycles. The number of methoxy groups -OCH3 is 1. The minimum absolute atomic E-state index is 0.174. The van der Waals surface area contributed by atoms with Gasteiger partial charge in [0.1, 0.15) is 6.10 Å². The summed E-state index contributed by atoms with van der Waals surface area (Å²) in [4.78, 5) is 0. The van der Waals surface area contributed by atoms with Crippen molar-refractivity contribution >= 4 is 0 Å². The van der Waals surface area contributed by atoms with Crippen LogP contribution in [0, 0.1) is 0 Å². The lowest BCUT2D eigenvalue weighted by molar-refractivity contribution is -0.198. The van der Waals surface area contributed by atoms with E-state index in [4.69, 9.17) is 14.2 Å². The fraction of sp³-hybridized carbons (Fsp3) is 0.778. The lowest BCUT2D eigenvalue weighted by Crippen LogP contribution is -2.51. The van der Waals surface area contributed by atoms with Crippen molar-refractivity contribution in [1.29, 1.82) is 0 Å². The number of hydrogen-bond donors (Lipinski definition) is 1. The van der Waals surface area contributed by atoms with Crippen LogP contribution in [0.15, 0.2) is 12.2 Å². The molecule has 1 N–H and O–H groups in total. The molecule has 1 saturated heterocycles. The quantitative estimate of drug-likeness (QED) is 0.588. The lowest BCUT2D eigenvalue weighted by Gasteiger charge is -2.36. The predicted octanol–water partition coefficient (Wildman–Crippen LogP) is 0.0653. The van der Waals surface area contributed by atoms with E-state index in [0.29, 0.717) is 19.6 Å². The summed E-state index contributed by atoms with van der Waals surface area (Å²) in [7, 11) is 1.61. The van der Waals surface area contributed by atoms with Gasteiger partial charge in [-0.3, -0.25) is 0 Å². The normalized spacial score (nSPS) is 44.5. The monoisotopic (exact) mass is 186 g/mol. The second-order valence-corrected chi connectivity index (χ2v) is 3.35. The molecule has 1 spiro atoms. The summed E-state index contributed by atoms with van der Waals surface area (Å²) in [6.45, 7) is 0.909. The van der Waals surface area contributed by atoms with Crippen molar-refractivity contribution in [3.8, 4) is 0 Å². The molecule has 1 fully saturated rings. The zero-order valence-corrected chi connectivity index (χ0v) is 7.60. The first kappa shape index (κ1) is 9.15. The topological polar surface area (TPSA) is 47.9 Å². The van der Waals surface area contributed by atoms with Gasteiger partial charge in [-0.15, -0.1) is 0 Å². The highest BCUT2D eigenvalue weighted by Gasteiger charge is 2.52. The van der Waals surface area contributed by atoms with Gasteiger partial charge in [-0.25, -0.2) is 0 Å². The summed E-state index contributed by atoms with van der Waals surface area (Å²) in [6.07, 6.45) is 3.53. The third-order valence-corrected chi connectivity index (χ3v) is 2.70. The number of hydrogen-bond acceptors (Lipinski definition) is 4. The van der Waals surface area contributed by atoms with Crippen LogP contribution in [0.25, 0.3) is 0 Å². The standard InChI is InChI=1S/C9H14O4/c1-11-7-6-12-8(10)9(7)4-2-3-5-13-9/h2-3,7-8,10H,4-6H2,1H3. The Morgan fingerprint density at radius 2 is 2.38 bits per heavy atom. The minimum Gasteiger partial charge on any atom is -0.376 e. The highest BCUT2D eigenvalue weighted by Crippen LogP contribution is 2.36. The summed E-state index contributed by atoms with van der Waals surface area (Å²) in [5.41, 5.74) is -0.677. The van der Waals surface area contributed by atoms with Crippen LogP contribution >= 0.6 is 0 Å². The van der Waals surface area contributed by atoms with Gasteiger partial charge in [-0.2, -0.15) is 0 Å². The van der Waals surface area contributed by atoms with Crippen LogP contribution in [0.1, 0.15) is 6.42 Å². The first-order valence-corrected chi connectivity index (χ1v) is 4.41. The summed E-state index contributed by atoms with van der Waals surface area (Å²) in [5.74, 6) is 0. The highest BCUT2D eigenvalue weighted by atomic mass is 16.7. The van der Waals surface area contributed by atoms with Crippen molar-refractivity contribution in [1.82, 2.24) is 0 Å². The molecular formula is C9H14O4. The molecule has 74 valence electrons. The van der Waals surface area contributed by atoms with Gasteiger partial charge >= 0.3 is 0 Å².